The quantitative estimate of drug-likeness (QED) is 0.857. The van der Waals surface area contributed by atoms with Crippen molar-refractivity contribution in [2.45, 2.75) is 58.5 Å². The smallest absolute Gasteiger partial charge is 0.0703 e. The van der Waals surface area contributed by atoms with E-state index in [1.807, 2.05) is 18.7 Å². The van der Waals surface area contributed by atoms with Crippen LogP contribution in [-0.4, -0.2) is 20.5 Å². The third-order valence-corrected chi connectivity index (χ3v) is 4.14. The van der Waals surface area contributed by atoms with Gasteiger partial charge in [-0.15, -0.1) is 0 Å². The summed E-state index contributed by atoms with van der Waals surface area (Å²) in [6.45, 7) is 6.58. The molecule has 1 heterocycles. The van der Waals surface area contributed by atoms with Crippen LogP contribution < -0.4 is 0 Å². The fraction of sp³-hybridized carbons (Fsp3) is 0.786. The second-order valence-electron chi connectivity index (χ2n) is 6.47. The highest BCUT2D eigenvalue weighted by Crippen LogP contribution is 2.41. The van der Waals surface area contributed by atoms with Crippen molar-refractivity contribution >= 4 is 0 Å². The van der Waals surface area contributed by atoms with Crippen molar-refractivity contribution in [3.05, 3.63) is 17.5 Å². The van der Waals surface area contributed by atoms with Crippen LogP contribution in [-0.2, 0) is 13.5 Å². The van der Waals surface area contributed by atoms with Crippen molar-refractivity contribution in [3.8, 4) is 0 Å². The molecule has 1 aliphatic carbocycles. The first-order valence-electron chi connectivity index (χ1n) is 6.52. The third kappa shape index (κ3) is 2.89. The van der Waals surface area contributed by atoms with Gasteiger partial charge in [0, 0.05) is 19.2 Å². The molecule has 0 spiro atoms. The average Bonchev–Trinajstić information content (AvgIpc) is 2.51. The van der Waals surface area contributed by atoms with E-state index in [9.17, 15) is 5.11 Å². The molecule has 17 heavy (non-hydrogen) atoms. The van der Waals surface area contributed by atoms with Gasteiger partial charge >= 0.3 is 0 Å². The monoisotopic (exact) mass is 236 g/mol. The fourth-order valence-electron chi connectivity index (χ4n) is 2.74. The van der Waals surface area contributed by atoms with Gasteiger partial charge < -0.3 is 5.11 Å². The first-order valence-corrected chi connectivity index (χ1v) is 6.52. The number of aliphatic hydroxyl groups is 1. The zero-order valence-corrected chi connectivity index (χ0v) is 11.5. The predicted octanol–water partition coefficient (Wildman–Crippen LogP) is 2.60. The Balaban J connectivity index is 2.06. The highest BCUT2D eigenvalue weighted by Gasteiger charge is 2.37. The van der Waals surface area contributed by atoms with Crippen LogP contribution in [0.15, 0.2) is 6.07 Å². The summed E-state index contributed by atoms with van der Waals surface area (Å²) in [6, 6.07) is 2.08. The second kappa shape index (κ2) is 4.13. The number of hydrogen-bond donors (Lipinski definition) is 1. The van der Waals surface area contributed by atoms with Crippen molar-refractivity contribution in [2.75, 3.05) is 0 Å². The summed E-state index contributed by atoms with van der Waals surface area (Å²) >= 11 is 0. The molecule has 0 amide bonds. The molecule has 3 heteroatoms. The number of aryl methyl sites for hydroxylation is 2. The van der Waals surface area contributed by atoms with Crippen LogP contribution in [0.1, 0.15) is 50.9 Å². The Morgan fingerprint density at radius 3 is 2.35 bits per heavy atom. The van der Waals surface area contributed by atoms with Gasteiger partial charge in [-0.3, -0.25) is 4.68 Å². The molecule has 1 saturated carbocycles. The largest absolute Gasteiger partial charge is 0.389 e. The maximum absolute atomic E-state index is 10.6. The van der Waals surface area contributed by atoms with Gasteiger partial charge in [0.2, 0.25) is 0 Å². The van der Waals surface area contributed by atoms with Gasteiger partial charge in [0.1, 0.15) is 0 Å². The lowest BCUT2D eigenvalue weighted by Gasteiger charge is -2.40. The van der Waals surface area contributed by atoms with Gasteiger partial charge in [-0.2, -0.15) is 5.10 Å². The Hall–Kier alpha value is -0.830. The zero-order chi connectivity index (χ0) is 12.7. The number of aromatic nitrogens is 2. The molecule has 0 aromatic carbocycles. The van der Waals surface area contributed by atoms with Gasteiger partial charge in [-0.05, 0) is 44.1 Å². The SMILES string of the molecule is Cc1cc(CC2(O)CCC(C)(C)CC2)n(C)n1. The Bertz CT molecular complexity index is 396. The van der Waals surface area contributed by atoms with Crippen LogP contribution >= 0.6 is 0 Å². The molecular weight excluding hydrogens is 212 g/mol. The van der Waals surface area contributed by atoms with Crippen LogP contribution in [0.5, 0.6) is 0 Å². The molecule has 0 radical (unpaired) electrons. The van der Waals surface area contributed by atoms with E-state index >= 15 is 0 Å². The van der Waals surface area contributed by atoms with Gasteiger partial charge in [0.15, 0.2) is 0 Å². The van der Waals surface area contributed by atoms with Crippen molar-refractivity contribution in [3.63, 3.8) is 0 Å². The van der Waals surface area contributed by atoms with Gasteiger partial charge in [-0.25, -0.2) is 0 Å². The van der Waals surface area contributed by atoms with Crippen LogP contribution in [0.3, 0.4) is 0 Å². The number of nitrogens with zero attached hydrogens (tertiary/aromatic N) is 2. The van der Waals surface area contributed by atoms with Crippen LogP contribution in [0, 0.1) is 12.3 Å². The molecular formula is C14H24N2O. The molecule has 1 fully saturated rings. The van der Waals surface area contributed by atoms with Crippen molar-refractivity contribution in [1.29, 1.82) is 0 Å². The maximum Gasteiger partial charge on any atom is 0.0703 e. The fourth-order valence-corrected chi connectivity index (χ4v) is 2.74. The molecule has 0 bridgehead atoms. The van der Waals surface area contributed by atoms with Crippen LogP contribution in [0.25, 0.3) is 0 Å². The summed E-state index contributed by atoms with van der Waals surface area (Å²) in [5.74, 6) is 0. The summed E-state index contributed by atoms with van der Waals surface area (Å²) < 4.78 is 1.90. The van der Waals surface area contributed by atoms with E-state index in [1.54, 1.807) is 0 Å². The maximum atomic E-state index is 10.6. The molecule has 96 valence electrons. The molecule has 1 aromatic rings. The minimum Gasteiger partial charge on any atom is -0.389 e. The zero-order valence-electron chi connectivity index (χ0n) is 11.5. The Morgan fingerprint density at radius 1 is 1.29 bits per heavy atom. The summed E-state index contributed by atoms with van der Waals surface area (Å²) in [5, 5.41) is 15.0. The lowest BCUT2D eigenvalue weighted by atomic mass is 9.69. The minimum atomic E-state index is -0.518. The molecule has 3 nitrogen and oxygen atoms in total. The van der Waals surface area contributed by atoms with Gasteiger partial charge in [0.25, 0.3) is 0 Å². The van der Waals surface area contributed by atoms with Crippen molar-refractivity contribution in [2.24, 2.45) is 12.5 Å². The molecule has 1 N–H and O–H groups in total. The highest BCUT2D eigenvalue weighted by atomic mass is 16.3. The molecule has 0 atom stereocenters. The predicted molar refractivity (Wildman–Crippen MR) is 68.8 cm³/mol. The van der Waals surface area contributed by atoms with E-state index in [0.717, 1.165) is 43.5 Å². The number of rotatable bonds is 2. The van der Waals surface area contributed by atoms with Crippen molar-refractivity contribution in [1.82, 2.24) is 9.78 Å². The van der Waals surface area contributed by atoms with Crippen LogP contribution in [0.4, 0.5) is 0 Å². The number of hydrogen-bond acceptors (Lipinski definition) is 2. The normalized spacial score (nSPS) is 22.6. The summed E-state index contributed by atoms with van der Waals surface area (Å²) in [6.07, 6.45) is 4.77. The van der Waals surface area contributed by atoms with Crippen LogP contribution in [0.2, 0.25) is 0 Å². The van der Waals surface area contributed by atoms with Gasteiger partial charge in [0.05, 0.1) is 11.3 Å². The van der Waals surface area contributed by atoms with E-state index in [1.165, 1.54) is 0 Å². The van der Waals surface area contributed by atoms with Crippen molar-refractivity contribution < 1.29 is 5.11 Å². The lowest BCUT2D eigenvalue weighted by Crippen LogP contribution is -2.39. The third-order valence-electron chi connectivity index (χ3n) is 4.14. The Kier molecular flexibility index (Phi) is 3.06. The first-order chi connectivity index (χ1) is 7.80. The Labute approximate surface area is 104 Å². The standard InChI is InChI=1S/C14H24N2O/c1-11-9-12(16(4)15-11)10-14(17)7-5-13(2,3)6-8-14/h9,17H,5-8,10H2,1-4H3. The van der Waals surface area contributed by atoms with E-state index in [0.29, 0.717) is 5.41 Å². The van der Waals surface area contributed by atoms with E-state index in [-0.39, 0.29) is 0 Å². The second-order valence-corrected chi connectivity index (χ2v) is 6.47. The Morgan fingerprint density at radius 2 is 1.88 bits per heavy atom. The molecule has 2 rings (SSSR count). The molecule has 0 unspecified atom stereocenters. The summed E-state index contributed by atoms with van der Waals surface area (Å²) in [5.41, 5.74) is 2.05. The average molecular weight is 236 g/mol. The molecule has 0 saturated heterocycles. The van der Waals surface area contributed by atoms with E-state index in [2.05, 4.69) is 25.0 Å². The molecule has 1 aromatic heterocycles. The first kappa shape index (κ1) is 12.6. The lowest BCUT2D eigenvalue weighted by molar-refractivity contribution is -0.0263. The highest BCUT2D eigenvalue weighted by molar-refractivity contribution is 5.12. The molecule has 1 aliphatic rings. The van der Waals surface area contributed by atoms with E-state index < -0.39 is 5.60 Å². The summed E-state index contributed by atoms with van der Waals surface area (Å²) in [4.78, 5) is 0. The molecule has 0 aliphatic heterocycles. The topological polar surface area (TPSA) is 38.0 Å². The van der Waals surface area contributed by atoms with Gasteiger partial charge in [-0.1, -0.05) is 13.8 Å². The minimum absolute atomic E-state index is 0.397. The summed E-state index contributed by atoms with van der Waals surface area (Å²) in [7, 11) is 1.96. The van der Waals surface area contributed by atoms with E-state index in [4.69, 9.17) is 0 Å².